The molecule has 0 aliphatic rings. The number of carboxylic acid groups (broad SMARTS) is 1. The van der Waals surface area contributed by atoms with Gasteiger partial charge in [-0.15, -0.1) is 0 Å². The van der Waals surface area contributed by atoms with Crippen LogP contribution in [-0.2, 0) is 9.59 Å². The number of amides is 1. The zero-order valence-corrected chi connectivity index (χ0v) is 11.7. The second-order valence-corrected chi connectivity index (χ2v) is 5.01. The second kappa shape index (κ2) is 5.69. The van der Waals surface area contributed by atoms with E-state index in [-0.39, 0.29) is 5.91 Å². The van der Waals surface area contributed by atoms with Crippen molar-refractivity contribution in [1.29, 1.82) is 0 Å². The van der Waals surface area contributed by atoms with Crippen molar-refractivity contribution < 1.29 is 14.7 Å². The first-order chi connectivity index (χ1) is 8.75. The van der Waals surface area contributed by atoms with Gasteiger partial charge in [0.05, 0.1) is 0 Å². The van der Waals surface area contributed by atoms with E-state index < -0.39 is 11.5 Å². The molecule has 102 valence electrons. The van der Waals surface area contributed by atoms with Crippen LogP contribution in [0.4, 0.5) is 0 Å². The Bertz CT molecular complexity index is 518. The molecule has 0 bridgehead atoms. The van der Waals surface area contributed by atoms with Crippen LogP contribution in [0.1, 0.15) is 25.0 Å². The van der Waals surface area contributed by atoms with Crippen LogP contribution in [0.2, 0.25) is 0 Å². The number of carbonyl (C=O) groups excluding carboxylic acids is 1. The molecule has 0 saturated carbocycles. The van der Waals surface area contributed by atoms with Gasteiger partial charge in [0.25, 0.3) is 0 Å². The van der Waals surface area contributed by atoms with E-state index in [4.69, 9.17) is 5.11 Å². The quantitative estimate of drug-likeness (QED) is 0.846. The van der Waals surface area contributed by atoms with Crippen molar-refractivity contribution in [3.8, 4) is 0 Å². The second-order valence-electron chi connectivity index (χ2n) is 5.01. The highest BCUT2D eigenvalue weighted by molar-refractivity contribution is 5.95. The average Bonchev–Trinajstić information content (AvgIpc) is 2.34. The molecule has 1 aromatic carbocycles. The van der Waals surface area contributed by atoms with Crippen LogP contribution in [0.15, 0.2) is 30.3 Å². The fourth-order valence-electron chi connectivity index (χ4n) is 1.47. The molecule has 0 saturated heterocycles. The normalized spacial score (nSPS) is 11.6. The summed E-state index contributed by atoms with van der Waals surface area (Å²) in [6.07, 6.45) is 3.07. The summed E-state index contributed by atoms with van der Waals surface area (Å²) in [5.74, 6) is -1.37. The van der Waals surface area contributed by atoms with Gasteiger partial charge < -0.3 is 10.0 Å². The molecule has 4 heteroatoms. The molecular formula is C15H19NO3. The number of carbonyl (C=O) groups is 2. The molecule has 1 rings (SSSR count). The van der Waals surface area contributed by atoms with Crippen LogP contribution in [0, 0.1) is 6.92 Å². The number of hydrogen-bond acceptors (Lipinski definition) is 2. The molecule has 0 atom stereocenters. The Morgan fingerprint density at radius 2 is 1.95 bits per heavy atom. The molecule has 4 nitrogen and oxygen atoms in total. The van der Waals surface area contributed by atoms with E-state index in [1.54, 1.807) is 6.08 Å². The highest BCUT2D eigenvalue weighted by Gasteiger charge is 2.34. The molecule has 0 radical (unpaired) electrons. The predicted molar refractivity (Wildman–Crippen MR) is 74.7 cm³/mol. The van der Waals surface area contributed by atoms with Crippen molar-refractivity contribution >= 4 is 18.0 Å². The first kappa shape index (κ1) is 15.0. The number of aliphatic carboxylic acids is 1. The minimum absolute atomic E-state index is 0.339. The largest absolute Gasteiger partial charge is 0.480 e. The number of rotatable bonds is 4. The lowest BCUT2D eigenvalue weighted by molar-refractivity contribution is -0.153. The van der Waals surface area contributed by atoms with Crippen molar-refractivity contribution in [1.82, 2.24) is 4.90 Å². The number of carboxylic acids is 1. The number of aryl methyl sites for hydroxylation is 1. The van der Waals surface area contributed by atoms with Gasteiger partial charge in [0.2, 0.25) is 5.91 Å². The summed E-state index contributed by atoms with van der Waals surface area (Å²) in [6, 6.07) is 7.72. The summed E-state index contributed by atoms with van der Waals surface area (Å²) >= 11 is 0. The molecular weight excluding hydrogens is 242 g/mol. The summed E-state index contributed by atoms with van der Waals surface area (Å²) in [5, 5.41) is 9.06. The highest BCUT2D eigenvalue weighted by atomic mass is 16.4. The smallest absolute Gasteiger partial charge is 0.329 e. The first-order valence-corrected chi connectivity index (χ1v) is 6.01. The summed E-state index contributed by atoms with van der Waals surface area (Å²) in [5.41, 5.74) is 0.789. The molecule has 1 N–H and O–H groups in total. The van der Waals surface area contributed by atoms with Crippen molar-refractivity contribution in [3.63, 3.8) is 0 Å². The van der Waals surface area contributed by atoms with Gasteiger partial charge in [-0.25, -0.2) is 4.79 Å². The molecule has 0 aliphatic carbocycles. The summed E-state index contributed by atoms with van der Waals surface area (Å²) < 4.78 is 0. The molecule has 0 fully saturated rings. The van der Waals surface area contributed by atoms with Crippen LogP contribution >= 0.6 is 0 Å². The van der Waals surface area contributed by atoms with E-state index >= 15 is 0 Å². The zero-order chi connectivity index (χ0) is 14.6. The van der Waals surface area contributed by atoms with Gasteiger partial charge in [0.15, 0.2) is 0 Å². The van der Waals surface area contributed by atoms with E-state index in [0.29, 0.717) is 0 Å². The van der Waals surface area contributed by atoms with Crippen molar-refractivity contribution in [2.75, 3.05) is 7.05 Å². The van der Waals surface area contributed by atoms with Gasteiger partial charge in [0.1, 0.15) is 5.54 Å². The molecule has 1 amide bonds. The average molecular weight is 261 g/mol. The Hall–Kier alpha value is -2.10. The van der Waals surface area contributed by atoms with Crippen LogP contribution in [0.25, 0.3) is 6.08 Å². The fraction of sp³-hybridized carbons (Fsp3) is 0.333. The van der Waals surface area contributed by atoms with Crippen LogP contribution < -0.4 is 0 Å². The van der Waals surface area contributed by atoms with E-state index in [9.17, 15) is 9.59 Å². The van der Waals surface area contributed by atoms with E-state index in [1.165, 1.54) is 31.9 Å². The Balaban J connectivity index is 2.83. The van der Waals surface area contributed by atoms with Gasteiger partial charge in [-0.3, -0.25) is 4.79 Å². The first-order valence-electron chi connectivity index (χ1n) is 6.01. The van der Waals surface area contributed by atoms with E-state index in [2.05, 4.69) is 0 Å². The van der Waals surface area contributed by atoms with Crippen LogP contribution in [0.3, 0.4) is 0 Å². The van der Waals surface area contributed by atoms with Gasteiger partial charge in [-0.1, -0.05) is 29.8 Å². The lowest BCUT2D eigenvalue weighted by Gasteiger charge is -2.30. The monoisotopic (exact) mass is 261 g/mol. The molecule has 0 spiro atoms. The van der Waals surface area contributed by atoms with Crippen molar-refractivity contribution in [2.24, 2.45) is 0 Å². The molecule has 0 unspecified atom stereocenters. The molecule has 19 heavy (non-hydrogen) atoms. The molecule has 0 aliphatic heterocycles. The van der Waals surface area contributed by atoms with Gasteiger partial charge in [0, 0.05) is 13.1 Å². The van der Waals surface area contributed by atoms with E-state index in [0.717, 1.165) is 11.1 Å². The number of hydrogen-bond donors (Lipinski definition) is 1. The number of benzene rings is 1. The standard InChI is InChI=1S/C15H19NO3/c1-11-6-5-7-12(10-11)8-9-13(17)16(4)15(2,3)14(18)19/h5-10H,1-4H3,(H,18,19). The maximum Gasteiger partial charge on any atom is 0.329 e. The third-order valence-corrected chi connectivity index (χ3v) is 3.15. The minimum atomic E-state index is -1.23. The minimum Gasteiger partial charge on any atom is -0.480 e. The molecule has 1 aromatic rings. The maximum atomic E-state index is 11.9. The lowest BCUT2D eigenvalue weighted by atomic mass is 10.0. The summed E-state index contributed by atoms with van der Waals surface area (Å²) in [4.78, 5) is 24.2. The summed E-state index contributed by atoms with van der Waals surface area (Å²) in [7, 11) is 1.48. The van der Waals surface area contributed by atoms with Crippen molar-refractivity contribution in [3.05, 3.63) is 41.5 Å². The zero-order valence-electron chi connectivity index (χ0n) is 11.7. The Labute approximate surface area is 113 Å². The topological polar surface area (TPSA) is 57.6 Å². The highest BCUT2D eigenvalue weighted by Crippen LogP contribution is 2.14. The fourth-order valence-corrected chi connectivity index (χ4v) is 1.47. The van der Waals surface area contributed by atoms with E-state index in [1.807, 2.05) is 31.2 Å². The van der Waals surface area contributed by atoms with Gasteiger partial charge in [-0.2, -0.15) is 0 Å². The summed E-state index contributed by atoms with van der Waals surface area (Å²) in [6.45, 7) is 4.96. The Morgan fingerprint density at radius 3 is 2.47 bits per heavy atom. The van der Waals surface area contributed by atoms with Crippen LogP contribution in [-0.4, -0.2) is 34.5 Å². The van der Waals surface area contributed by atoms with Crippen molar-refractivity contribution in [2.45, 2.75) is 26.3 Å². The van der Waals surface area contributed by atoms with Gasteiger partial charge >= 0.3 is 5.97 Å². The predicted octanol–water partition coefficient (Wildman–Crippen LogP) is 2.33. The Morgan fingerprint density at radius 1 is 1.32 bits per heavy atom. The lowest BCUT2D eigenvalue weighted by Crippen LogP contribution is -2.50. The number of nitrogens with zero attached hydrogens (tertiary/aromatic N) is 1. The number of likely N-dealkylation sites (N-methyl/N-ethyl adjacent to an activating group) is 1. The molecule has 0 heterocycles. The van der Waals surface area contributed by atoms with Crippen LogP contribution in [0.5, 0.6) is 0 Å². The third kappa shape index (κ3) is 3.68. The maximum absolute atomic E-state index is 11.9. The third-order valence-electron chi connectivity index (χ3n) is 3.15. The van der Waals surface area contributed by atoms with Gasteiger partial charge in [-0.05, 0) is 32.4 Å². The molecule has 0 aromatic heterocycles. The Kier molecular flexibility index (Phi) is 4.48. The SMILES string of the molecule is Cc1cccc(C=CC(=O)N(C)C(C)(C)C(=O)O)c1.